The van der Waals surface area contributed by atoms with E-state index in [1.165, 1.54) is 5.56 Å². The standard InChI is InChI=1S/C15H21BrN2O.2ClH/c1-2-3-4-14(18-9-7-17-8-10-18)12-5-6-15(19)13(16)11-12;;/h2,5-6,11,14,17,19H,1,3-4,7-10H2;2*1H/t14-;;/m1../s1. The van der Waals surface area contributed by atoms with Crippen LogP contribution in [-0.2, 0) is 0 Å². The number of hydrogen-bond acceptors (Lipinski definition) is 3. The van der Waals surface area contributed by atoms with Crippen LogP contribution in [0.15, 0.2) is 35.3 Å². The fourth-order valence-corrected chi connectivity index (χ4v) is 2.96. The quantitative estimate of drug-likeness (QED) is 0.739. The molecule has 0 amide bonds. The SMILES string of the molecule is C=CCC[C@H](c1ccc(O)c(Br)c1)N1CCNCC1.Cl.Cl. The van der Waals surface area contributed by atoms with Crippen molar-refractivity contribution in [2.24, 2.45) is 0 Å². The first kappa shape index (κ1) is 20.7. The number of phenols is 1. The van der Waals surface area contributed by atoms with Crippen LogP contribution >= 0.6 is 40.7 Å². The van der Waals surface area contributed by atoms with Crippen LogP contribution in [0, 0.1) is 0 Å². The molecule has 1 aliphatic rings. The molecule has 21 heavy (non-hydrogen) atoms. The molecule has 1 aliphatic heterocycles. The topological polar surface area (TPSA) is 35.5 Å². The van der Waals surface area contributed by atoms with Crippen LogP contribution in [0.4, 0.5) is 0 Å². The summed E-state index contributed by atoms with van der Waals surface area (Å²) >= 11 is 3.41. The largest absolute Gasteiger partial charge is 0.507 e. The van der Waals surface area contributed by atoms with Gasteiger partial charge in [-0.3, -0.25) is 4.90 Å². The second-order valence-electron chi connectivity index (χ2n) is 4.88. The van der Waals surface area contributed by atoms with Gasteiger partial charge in [-0.15, -0.1) is 31.4 Å². The maximum absolute atomic E-state index is 9.63. The van der Waals surface area contributed by atoms with Gasteiger partial charge in [-0.25, -0.2) is 0 Å². The van der Waals surface area contributed by atoms with Crippen LogP contribution in [0.1, 0.15) is 24.4 Å². The molecule has 0 bridgehead atoms. The number of aromatic hydroxyl groups is 1. The zero-order valence-electron chi connectivity index (χ0n) is 11.9. The number of piperazine rings is 1. The molecule has 1 aromatic carbocycles. The highest BCUT2D eigenvalue weighted by Crippen LogP contribution is 2.32. The number of hydrogen-bond donors (Lipinski definition) is 2. The van der Waals surface area contributed by atoms with Crippen molar-refractivity contribution in [2.75, 3.05) is 26.2 Å². The minimum atomic E-state index is 0. The fourth-order valence-electron chi connectivity index (χ4n) is 2.56. The molecule has 2 N–H and O–H groups in total. The van der Waals surface area contributed by atoms with Gasteiger partial charge >= 0.3 is 0 Å². The van der Waals surface area contributed by atoms with Gasteiger partial charge < -0.3 is 10.4 Å². The van der Waals surface area contributed by atoms with Crippen molar-refractivity contribution in [1.82, 2.24) is 10.2 Å². The van der Waals surface area contributed by atoms with Crippen molar-refractivity contribution in [3.05, 3.63) is 40.9 Å². The third-order valence-electron chi connectivity index (χ3n) is 3.59. The Hall–Kier alpha value is -0.260. The van der Waals surface area contributed by atoms with Crippen molar-refractivity contribution in [3.63, 3.8) is 0 Å². The molecule has 1 saturated heterocycles. The molecule has 3 nitrogen and oxygen atoms in total. The predicted molar refractivity (Wildman–Crippen MR) is 96.9 cm³/mol. The third kappa shape index (κ3) is 5.80. The van der Waals surface area contributed by atoms with E-state index >= 15 is 0 Å². The van der Waals surface area contributed by atoms with Gasteiger partial charge in [-0.1, -0.05) is 12.1 Å². The lowest BCUT2D eigenvalue weighted by atomic mass is 9.99. The molecule has 6 heteroatoms. The van der Waals surface area contributed by atoms with Crippen LogP contribution in [0.3, 0.4) is 0 Å². The summed E-state index contributed by atoms with van der Waals surface area (Å²) in [6, 6.07) is 6.22. The Kier molecular flexibility index (Phi) is 10.3. The average molecular weight is 398 g/mol. The zero-order chi connectivity index (χ0) is 13.7. The molecule has 0 aliphatic carbocycles. The Morgan fingerprint density at radius 3 is 2.57 bits per heavy atom. The highest BCUT2D eigenvalue weighted by Gasteiger charge is 2.22. The van der Waals surface area contributed by atoms with E-state index in [1.807, 2.05) is 18.2 Å². The highest BCUT2D eigenvalue weighted by molar-refractivity contribution is 9.10. The van der Waals surface area contributed by atoms with Crippen molar-refractivity contribution in [2.45, 2.75) is 18.9 Å². The molecule has 0 aromatic heterocycles. The molecular weight excluding hydrogens is 375 g/mol. The van der Waals surface area contributed by atoms with E-state index in [1.54, 1.807) is 6.07 Å². The molecule has 1 heterocycles. The summed E-state index contributed by atoms with van der Waals surface area (Å²) in [4.78, 5) is 2.51. The number of nitrogens with one attached hydrogen (secondary N) is 1. The summed E-state index contributed by atoms with van der Waals surface area (Å²) in [5, 5.41) is 13.0. The van der Waals surface area contributed by atoms with Gasteiger partial charge in [0.15, 0.2) is 0 Å². The van der Waals surface area contributed by atoms with Crippen molar-refractivity contribution < 1.29 is 5.11 Å². The number of benzene rings is 1. The zero-order valence-corrected chi connectivity index (χ0v) is 15.1. The smallest absolute Gasteiger partial charge is 0.129 e. The molecule has 120 valence electrons. The summed E-state index contributed by atoms with van der Waals surface area (Å²) in [7, 11) is 0. The number of nitrogens with zero attached hydrogens (tertiary/aromatic N) is 1. The van der Waals surface area contributed by atoms with Gasteiger partial charge in [0.05, 0.1) is 4.47 Å². The van der Waals surface area contributed by atoms with Crippen LogP contribution < -0.4 is 5.32 Å². The van der Waals surface area contributed by atoms with Gasteiger partial charge in [-0.05, 0) is 46.5 Å². The third-order valence-corrected chi connectivity index (χ3v) is 4.23. The second kappa shape index (κ2) is 10.5. The number of allylic oxidation sites excluding steroid dienone is 1. The van der Waals surface area contributed by atoms with Crippen LogP contribution in [0.5, 0.6) is 5.75 Å². The van der Waals surface area contributed by atoms with E-state index in [9.17, 15) is 5.11 Å². The maximum Gasteiger partial charge on any atom is 0.129 e. The molecular formula is C15H23BrCl2N2O. The average Bonchev–Trinajstić information content (AvgIpc) is 2.44. The molecule has 0 spiro atoms. The normalized spacial score (nSPS) is 16.4. The Morgan fingerprint density at radius 2 is 2.00 bits per heavy atom. The molecule has 1 aromatic rings. The highest BCUT2D eigenvalue weighted by atomic mass is 79.9. The van der Waals surface area contributed by atoms with E-state index in [0.29, 0.717) is 11.8 Å². The molecule has 1 fully saturated rings. The number of rotatable bonds is 5. The van der Waals surface area contributed by atoms with Gasteiger partial charge in [0, 0.05) is 32.2 Å². The second-order valence-corrected chi connectivity index (χ2v) is 5.73. The van der Waals surface area contributed by atoms with Gasteiger partial charge in [-0.2, -0.15) is 0 Å². The Balaban J connectivity index is 0.00000200. The maximum atomic E-state index is 9.63. The first-order valence-electron chi connectivity index (χ1n) is 6.76. The van der Waals surface area contributed by atoms with E-state index in [2.05, 4.69) is 32.7 Å². The van der Waals surface area contributed by atoms with Gasteiger partial charge in [0.1, 0.15) is 5.75 Å². The van der Waals surface area contributed by atoms with E-state index in [-0.39, 0.29) is 24.8 Å². The Morgan fingerprint density at radius 1 is 1.33 bits per heavy atom. The predicted octanol–water partition coefficient (Wildman–Crippen LogP) is 3.91. The van der Waals surface area contributed by atoms with Crippen molar-refractivity contribution >= 4 is 40.7 Å². The summed E-state index contributed by atoms with van der Waals surface area (Å²) in [5.74, 6) is 0.298. The lowest BCUT2D eigenvalue weighted by Gasteiger charge is -2.35. The molecule has 0 unspecified atom stereocenters. The van der Waals surface area contributed by atoms with Crippen molar-refractivity contribution in [3.8, 4) is 5.75 Å². The minimum Gasteiger partial charge on any atom is -0.507 e. The van der Waals surface area contributed by atoms with E-state index in [0.717, 1.165) is 43.5 Å². The van der Waals surface area contributed by atoms with E-state index in [4.69, 9.17) is 0 Å². The number of halogens is 3. The fraction of sp³-hybridized carbons (Fsp3) is 0.467. The monoisotopic (exact) mass is 396 g/mol. The molecule has 0 saturated carbocycles. The van der Waals surface area contributed by atoms with Crippen LogP contribution in [0.2, 0.25) is 0 Å². The van der Waals surface area contributed by atoms with Gasteiger partial charge in [0.2, 0.25) is 0 Å². The van der Waals surface area contributed by atoms with Crippen LogP contribution in [-0.4, -0.2) is 36.2 Å². The Bertz CT molecular complexity index is 440. The van der Waals surface area contributed by atoms with E-state index < -0.39 is 0 Å². The first-order valence-corrected chi connectivity index (χ1v) is 7.55. The lowest BCUT2D eigenvalue weighted by Crippen LogP contribution is -2.45. The molecule has 2 rings (SSSR count). The lowest BCUT2D eigenvalue weighted by molar-refractivity contribution is 0.166. The minimum absolute atomic E-state index is 0. The summed E-state index contributed by atoms with van der Waals surface area (Å²) in [5.41, 5.74) is 1.26. The number of phenolic OH excluding ortho intramolecular Hbond substituents is 1. The summed E-state index contributed by atoms with van der Waals surface area (Å²) in [6.07, 6.45) is 4.05. The molecule has 1 atom stereocenters. The van der Waals surface area contributed by atoms with Crippen molar-refractivity contribution in [1.29, 1.82) is 0 Å². The van der Waals surface area contributed by atoms with Gasteiger partial charge in [0.25, 0.3) is 0 Å². The first-order chi connectivity index (χ1) is 9.22. The summed E-state index contributed by atoms with van der Waals surface area (Å²) < 4.78 is 0.767. The summed E-state index contributed by atoms with van der Waals surface area (Å²) in [6.45, 7) is 8.05. The molecule has 0 radical (unpaired) electrons. The Labute approximate surface area is 147 Å². The van der Waals surface area contributed by atoms with Crippen LogP contribution in [0.25, 0.3) is 0 Å².